The Morgan fingerprint density at radius 1 is 1.19 bits per heavy atom. The third-order valence-corrected chi connectivity index (χ3v) is 5.16. The molecule has 5 atom stereocenters. The number of carbonyl (C=O) groups excluding carboxylic acids is 1. The van der Waals surface area contributed by atoms with Crippen LogP contribution in [-0.2, 0) is 4.79 Å². The molecule has 4 nitrogen and oxygen atoms in total. The maximum atomic E-state index is 13.8. The molecule has 21 heavy (non-hydrogen) atoms. The van der Waals surface area contributed by atoms with Gasteiger partial charge in [0.2, 0.25) is 5.91 Å². The van der Waals surface area contributed by atoms with Crippen molar-refractivity contribution in [2.45, 2.75) is 37.5 Å². The topological polar surface area (TPSA) is 44.4 Å². The van der Waals surface area contributed by atoms with Crippen LogP contribution < -0.4 is 15.8 Å². The number of nitrogens with one attached hydrogen (secondary N) is 2. The Morgan fingerprint density at radius 3 is 2.81 bits per heavy atom. The van der Waals surface area contributed by atoms with Crippen molar-refractivity contribution >= 4 is 11.6 Å². The number of benzene rings is 1. The minimum absolute atomic E-state index is 0.0579. The number of hydrogen-bond donors (Lipinski definition) is 2. The zero-order chi connectivity index (χ0) is 14.4. The zero-order valence-electron chi connectivity index (χ0n) is 11.8. The van der Waals surface area contributed by atoms with E-state index in [0.29, 0.717) is 25.4 Å². The van der Waals surface area contributed by atoms with Crippen molar-refractivity contribution in [1.29, 1.82) is 0 Å². The lowest BCUT2D eigenvalue weighted by molar-refractivity contribution is -0.121. The van der Waals surface area contributed by atoms with Crippen LogP contribution in [0, 0.1) is 11.8 Å². The summed E-state index contributed by atoms with van der Waals surface area (Å²) in [6.45, 7) is 0.692. The molecule has 2 N–H and O–H groups in total. The van der Waals surface area contributed by atoms with Crippen LogP contribution in [0.2, 0.25) is 0 Å². The average Bonchev–Trinajstić information content (AvgIpc) is 2.86. The monoisotopic (exact) mass is 289 g/mol. The summed E-state index contributed by atoms with van der Waals surface area (Å²) in [7, 11) is 0. The number of hydrazine groups is 1. The number of hydrogen-bond acceptors (Lipinski definition) is 3. The van der Waals surface area contributed by atoms with E-state index in [9.17, 15) is 9.18 Å². The molecule has 0 bridgehead atoms. The molecule has 3 fully saturated rings. The highest BCUT2D eigenvalue weighted by atomic mass is 19.1. The molecule has 1 saturated carbocycles. The van der Waals surface area contributed by atoms with Gasteiger partial charge in [0.05, 0.1) is 11.6 Å². The van der Waals surface area contributed by atoms with Gasteiger partial charge < -0.3 is 5.32 Å². The van der Waals surface area contributed by atoms with Crippen LogP contribution in [-0.4, -0.2) is 30.7 Å². The van der Waals surface area contributed by atoms with E-state index < -0.39 is 6.17 Å². The summed E-state index contributed by atoms with van der Waals surface area (Å²) in [4.78, 5) is 12.6. The van der Waals surface area contributed by atoms with E-state index in [-0.39, 0.29) is 23.8 Å². The fourth-order valence-electron chi connectivity index (χ4n) is 4.09. The van der Waals surface area contributed by atoms with Gasteiger partial charge in [-0.25, -0.2) is 14.8 Å². The lowest BCUT2D eigenvalue weighted by Gasteiger charge is -2.43. The van der Waals surface area contributed by atoms with E-state index in [2.05, 4.69) is 10.7 Å². The highest BCUT2D eigenvalue weighted by Gasteiger charge is 2.51. The number of nitrogens with zero attached hydrogens (tertiary/aromatic N) is 1. The largest absolute Gasteiger partial charge is 0.313 e. The number of carbonyl (C=O) groups is 1. The molecule has 5 heteroatoms. The first-order valence-electron chi connectivity index (χ1n) is 7.76. The van der Waals surface area contributed by atoms with Gasteiger partial charge >= 0.3 is 0 Å². The maximum absolute atomic E-state index is 13.8. The summed E-state index contributed by atoms with van der Waals surface area (Å²) in [6, 6.07) is 10.0. The van der Waals surface area contributed by atoms with Crippen molar-refractivity contribution in [3.63, 3.8) is 0 Å². The molecular formula is C16H20FN3O. The quantitative estimate of drug-likeness (QED) is 0.826. The van der Waals surface area contributed by atoms with Crippen LogP contribution in [0.15, 0.2) is 30.3 Å². The van der Waals surface area contributed by atoms with E-state index in [1.54, 1.807) is 5.01 Å². The molecule has 1 aromatic carbocycles. The predicted molar refractivity (Wildman–Crippen MR) is 78.4 cm³/mol. The van der Waals surface area contributed by atoms with Gasteiger partial charge in [-0.2, -0.15) is 0 Å². The predicted octanol–water partition coefficient (Wildman–Crippen LogP) is 1.63. The number of anilines is 1. The first-order chi connectivity index (χ1) is 10.2. The molecule has 1 aliphatic carbocycles. The van der Waals surface area contributed by atoms with Crippen molar-refractivity contribution in [3.05, 3.63) is 30.3 Å². The van der Waals surface area contributed by atoms with Gasteiger partial charge in [-0.15, -0.1) is 0 Å². The minimum atomic E-state index is -0.727. The summed E-state index contributed by atoms with van der Waals surface area (Å²) in [5.74, 6) is 0.208. The molecule has 5 unspecified atom stereocenters. The van der Waals surface area contributed by atoms with Gasteiger partial charge in [-0.3, -0.25) is 4.79 Å². The molecule has 2 saturated heterocycles. The number of alkyl halides is 1. The summed E-state index contributed by atoms with van der Waals surface area (Å²) in [5.41, 5.74) is 4.22. The Hall–Kier alpha value is -1.46. The summed E-state index contributed by atoms with van der Waals surface area (Å²) < 4.78 is 13.8. The first kappa shape index (κ1) is 13.2. The summed E-state index contributed by atoms with van der Waals surface area (Å²) >= 11 is 0. The Bertz CT molecular complexity index is 538. The Balaban J connectivity index is 1.60. The van der Waals surface area contributed by atoms with Gasteiger partial charge in [0.25, 0.3) is 0 Å². The average molecular weight is 289 g/mol. The zero-order valence-corrected chi connectivity index (χ0v) is 11.8. The first-order valence-corrected chi connectivity index (χ1v) is 7.76. The van der Waals surface area contributed by atoms with Gasteiger partial charge in [0.15, 0.2) is 0 Å². The fourth-order valence-corrected chi connectivity index (χ4v) is 4.09. The van der Waals surface area contributed by atoms with Crippen LogP contribution >= 0.6 is 0 Å². The molecule has 2 heterocycles. The number of fused-ring (bicyclic) bond motifs is 3. The fraction of sp³-hybridized carbons (Fsp3) is 0.562. The molecule has 1 amide bonds. The number of halogens is 1. The highest BCUT2D eigenvalue weighted by molar-refractivity contribution is 5.97. The number of piperidine rings is 1. The molecule has 0 aromatic heterocycles. The number of para-hydroxylation sites is 1. The van der Waals surface area contributed by atoms with Gasteiger partial charge in [0, 0.05) is 18.6 Å². The Kier molecular flexibility index (Phi) is 3.19. The van der Waals surface area contributed by atoms with Crippen LogP contribution in [0.4, 0.5) is 10.1 Å². The van der Waals surface area contributed by atoms with Gasteiger partial charge in [-0.05, 0) is 37.3 Å². The molecule has 0 spiro atoms. The molecule has 112 valence electrons. The summed E-state index contributed by atoms with van der Waals surface area (Å²) in [6.07, 6.45) is 1.34. The van der Waals surface area contributed by atoms with Gasteiger partial charge in [0.1, 0.15) is 6.17 Å². The van der Waals surface area contributed by atoms with Crippen LogP contribution in [0.3, 0.4) is 0 Å². The second-order valence-electron chi connectivity index (χ2n) is 6.36. The third-order valence-electron chi connectivity index (χ3n) is 5.16. The smallest absolute Gasteiger partial charge is 0.247 e. The highest BCUT2D eigenvalue weighted by Crippen LogP contribution is 2.38. The molecule has 3 aliphatic rings. The Morgan fingerprint density at radius 2 is 2.00 bits per heavy atom. The van der Waals surface area contributed by atoms with Crippen molar-refractivity contribution < 1.29 is 9.18 Å². The van der Waals surface area contributed by atoms with Crippen molar-refractivity contribution in [2.75, 3.05) is 11.6 Å². The van der Waals surface area contributed by atoms with Crippen molar-refractivity contribution in [1.82, 2.24) is 10.7 Å². The standard InChI is InChI=1S/C16H20FN3O/c17-10-6-7-14-12(8-10)15-13(9-18-14)16(21)20(19-15)11-4-2-1-3-5-11/h1-5,10,12-15,18-19H,6-9H2. The molecule has 4 rings (SSSR count). The lowest BCUT2D eigenvalue weighted by atomic mass is 9.72. The maximum Gasteiger partial charge on any atom is 0.247 e. The SMILES string of the molecule is O=C1C2CNC3CCC(F)CC3C2NN1c1ccccc1. The van der Waals surface area contributed by atoms with E-state index in [1.165, 1.54) is 0 Å². The van der Waals surface area contributed by atoms with E-state index in [0.717, 1.165) is 12.1 Å². The second kappa shape index (κ2) is 5.07. The molecule has 1 aromatic rings. The Labute approximate surface area is 123 Å². The van der Waals surface area contributed by atoms with Crippen LogP contribution in [0.25, 0.3) is 0 Å². The van der Waals surface area contributed by atoms with E-state index >= 15 is 0 Å². The molecule has 0 radical (unpaired) electrons. The second-order valence-corrected chi connectivity index (χ2v) is 6.36. The summed E-state index contributed by atoms with van der Waals surface area (Å²) in [5, 5.41) is 5.12. The number of amides is 1. The van der Waals surface area contributed by atoms with E-state index in [4.69, 9.17) is 0 Å². The van der Waals surface area contributed by atoms with Crippen molar-refractivity contribution in [2.24, 2.45) is 11.8 Å². The third kappa shape index (κ3) is 2.15. The normalized spacial score (nSPS) is 39.0. The van der Waals surface area contributed by atoms with E-state index in [1.807, 2.05) is 30.3 Å². The minimum Gasteiger partial charge on any atom is -0.313 e. The van der Waals surface area contributed by atoms with Crippen LogP contribution in [0.5, 0.6) is 0 Å². The number of rotatable bonds is 1. The van der Waals surface area contributed by atoms with Gasteiger partial charge in [-0.1, -0.05) is 18.2 Å². The van der Waals surface area contributed by atoms with Crippen LogP contribution in [0.1, 0.15) is 19.3 Å². The lowest BCUT2D eigenvalue weighted by Crippen LogP contribution is -2.58. The van der Waals surface area contributed by atoms with Crippen molar-refractivity contribution in [3.8, 4) is 0 Å². The molecular weight excluding hydrogens is 269 g/mol. The molecule has 2 aliphatic heterocycles.